The van der Waals surface area contributed by atoms with E-state index in [0.29, 0.717) is 6.42 Å². The number of ether oxygens (including phenoxy) is 1. The van der Waals surface area contributed by atoms with Gasteiger partial charge in [-0.3, -0.25) is 9.59 Å². The molecule has 1 aliphatic heterocycles. The normalized spacial score (nSPS) is 25.6. The Morgan fingerprint density at radius 1 is 1.47 bits per heavy atom. The van der Waals surface area contributed by atoms with Gasteiger partial charge in [0.1, 0.15) is 12.6 Å². The summed E-state index contributed by atoms with van der Waals surface area (Å²) in [6, 6.07) is -0.0712. The van der Waals surface area contributed by atoms with Crippen LogP contribution >= 0.6 is 0 Å². The Morgan fingerprint density at radius 3 is 2.53 bits per heavy atom. The molecule has 98 valence electrons. The van der Waals surface area contributed by atoms with Crippen LogP contribution in [0.2, 0.25) is 0 Å². The highest BCUT2D eigenvalue weighted by atomic mass is 16.5. The molecule has 17 heavy (non-hydrogen) atoms. The Balaban J connectivity index is 2.68. The Morgan fingerprint density at radius 2 is 2.12 bits per heavy atom. The molecule has 3 atom stereocenters. The lowest BCUT2D eigenvalue weighted by atomic mass is 10.1. The SMILES string of the molecule is CCC(C)N(CC(=O)O)C(=O)C1CCC(C)O1. The molecule has 0 saturated carbocycles. The number of rotatable bonds is 5. The maximum absolute atomic E-state index is 12.2. The zero-order chi connectivity index (χ0) is 13.0. The van der Waals surface area contributed by atoms with Gasteiger partial charge in [-0.1, -0.05) is 6.92 Å². The van der Waals surface area contributed by atoms with E-state index in [1.165, 1.54) is 4.90 Å². The van der Waals surface area contributed by atoms with Crippen molar-refractivity contribution in [2.45, 2.75) is 58.3 Å². The van der Waals surface area contributed by atoms with Crippen molar-refractivity contribution in [2.24, 2.45) is 0 Å². The average molecular weight is 243 g/mol. The number of carboxylic acids is 1. The zero-order valence-electron chi connectivity index (χ0n) is 10.7. The standard InChI is InChI=1S/C12H21NO4/c1-4-8(2)13(7-11(14)15)12(16)10-6-5-9(3)17-10/h8-10H,4-7H2,1-3H3,(H,14,15). The van der Waals surface area contributed by atoms with Crippen molar-refractivity contribution >= 4 is 11.9 Å². The Labute approximate surface area is 102 Å². The molecule has 1 aliphatic rings. The van der Waals surface area contributed by atoms with Crippen LogP contribution in [0.25, 0.3) is 0 Å². The van der Waals surface area contributed by atoms with E-state index < -0.39 is 12.1 Å². The van der Waals surface area contributed by atoms with Crippen molar-refractivity contribution in [3.8, 4) is 0 Å². The van der Waals surface area contributed by atoms with Gasteiger partial charge in [0.2, 0.25) is 0 Å². The third kappa shape index (κ3) is 3.70. The predicted octanol–water partition coefficient (Wildman–Crippen LogP) is 1.27. The molecule has 5 heteroatoms. The molecule has 3 unspecified atom stereocenters. The first-order chi connectivity index (χ1) is 7.95. The number of carboxylic acid groups (broad SMARTS) is 1. The molecule has 1 fully saturated rings. The number of amides is 1. The molecule has 0 bridgehead atoms. The molecule has 1 rings (SSSR count). The minimum atomic E-state index is -0.982. The quantitative estimate of drug-likeness (QED) is 0.789. The summed E-state index contributed by atoms with van der Waals surface area (Å²) < 4.78 is 5.50. The summed E-state index contributed by atoms with van der Waals surface area (Å²) in [6.45, 7) is 5.48. The van der Waals surface area contributed by atoms with E-state index in [1.54, 1.807) is 0 Å². The monoisotopic (exact) mass is 243 g/mol. The largest absolute Gasteiger partial charge is 0.480 e. The molecule has 0 radical (unpaired) electrons. The van der Waals surface area contributed by atoms with E-state index in [1.807, 2.05) is 20.8 Å². The van der Waals surface area contributed by atoms with Gasteiger partial charge >= 0.3 is 5.97 Å². The van der Waals surface area contributed by atoms with Crippen LogP contribution in [-0.2, 0) is 14.3 Å². The first-order valence-electron chi connectivity index (χ1n) is 6.13. The second-order valence-corrected chi connectivity index (χ2v) is 4.63. The molecular formula is C12H21NO4. The fourth-order valence-electron chi connectivity index (χ4n) is 1.99. The summed E-state index contributed by atoms with van der Waals surface area (Å²) in [5, 5.41) is 8.84. The molecule has 0 aromatic carbocycles. The minimum Gasteiger partial charge on any atom is -0.480 e. The molecule has 0 spiro atoms. The van der Waals surface area contributed by atoms with Gasteiger partial charge in [0.05, 0.1) is 6.10 Å². The van der Waals surface area contributed by atoms with Gasteiger partial charge in [0.15, 0.2) is 0 Å². The molecular weight excluding hydrogens is 222 g/mol. The summed E-state index contributed by atoms with van der Waals surface area (Å²) in [5.41, 5.74) is 0. The summed E-state index contributed by atoms with van der Waals surface area (Å²) >= 11 is 0. The second kappa shape index (κ2) is 6.00. The average Bonchev–Trinajstić information content (AvgIpc) is 2.70. The highest BCUT2D eigenvalue weighted by molar-refractivity contribution is 5.85. The molecule has 0 aliphatic carbocycles. The van der Waals surface area contributed by atoms with Gasteiger partial charge in [0, 0.05) is 6.04 Å². The van der Waals surface area contributed by atoms with Gasteiger partial charge in [-0.25, -0.2) is 0 Å². The van der Waals surface area contributed by atoms with Crippen LogP contribution in [0.5, 0.6) is 0 Å². The third-order valence-corrected chi connectivity index (χ3v) is 3.22. The second-order valence-electron chi connectivity index (χ2n) is 4.63. The van der Waals surface area contributed by atoms with E-state index in [2.05, 4.69) is 0 Å². The highest BCUT2D eigenvalue weighted by Gasteiger charge is 2.33. The Hall–Kier alpha value is -1.10. The predicted molar refractivity (Wildman–Crippen MR) is 62.7 cm³/mol. The first kappa shape index (κ1) is 14.0. The smallest absolute Gasteiger partial charge is 0.323 e. The number of hydrogen-bond donors (Lipinski definition) is 1. The maximum atomic E-state index is 12.2. The van der Waals surface area contributed by atoms with Crippen LogP contribution in [0.4, 0.5) is 0 Å². The highest BCUT2D eigenvalue weighted by Crippen LogP contribution is 2.22. The zero-order valence-corrected chi connectivity index (χ0v) is 10.7. The van der Waals surface area contributed by atoms with E-state index in [4.69, 9.17) is 9.84 Å². The fraction of sp³-hybridized carbons (Fsp3) is 0.833. The molecule has 0 aromatic rings. The maximum Gasteiger partial charge on any atom is 0.323 e. The minimum absolute atomic E-state index is 0.0712. The van der Waals surface area contributed by atoms with Crippen molar-refractivity contribution in [1.29, 1.82) is 0 Å². The summed E-state index contributed by atoms with van der Waals surface area (Å²) in [6.07, 6.45) is 1.91. The number of nitrogens with zero attached hydrogens (tertiary/aromatic N) is 1. The van der Waals surface area contributed by atoms with Crippen LogP contribution < -0.4 is 0 Å². The Kier molecular flexibility index (Phi) is 4.93. The van der Waals surface area contributed by atoms with Crippen LogP contribution in [0.15, 0.2) is 0 Å². The summed E-state index contributed by atoms with van der Waals surface area (Å²) in [4.78, 5) is 24.4. The van der Waals surface area contributed by atoms with Crippen molar-refractivity contribution in [2.75, 3.05) is 6.54 Å². The third-order valence-electron chi connectivity index (χ3n) is 3.22. The van der Waals surface area contributed by atoms with E-state index in [0.717, 1.165) is 12.8 Å². The van der Waals surface area contributed by atoms with Crippen molar-refractivity contribution in [1.82, 2.24) is 4.90 Å². The number of aliphatic carboxylic acids is 1. The molecule has 1 heterocycles. The van der Waals surface area contributed by atoms with Gasteiger partial charge in [0.25, 0.3) is 5.91 Å². The molecule has 1 saturated heterocycles. The lowest BCUT2D eigenvalue weighted by molar-refractivity contribution is -0.152. The van der Waals surface area contributed by atoms with Crippen LogP contribution in [0, 0.1) is 0 Å². The van der Waals surface area contributed by atoms with E-state index in [-0.39, 0.29) is 24.6 Å². The summed E-state index contributed by atoms with van der Waals surface area (Å²) in [5.74, 6) is -1.17. The molecule has 5 nitrogen and oxygen atoms in total. The topological polar surface area (TPSA) is 66.8 Å². The summed E-state index contributed by atoms with van der Waals surface area (Å²) in [7, 11) is 0. The first-order valence-corrected chi connectivity index (χ1v) is 6.13. The van der Waals surface area contributed by atoms with E-state index >= 15 is 0 Å². The van der Waals surface area contributed by atoms with Gasteiger partial charge in [-0.15, -0.1) is 0 Å². The van der Waals surface area contributed by atoms with Crippen LogP contribution in [0.1, 0.15) is 40.0 Å². The van der Waals surface area contributed by atoms with Crippen LogP contribution in [0.3, 0.4) is 0 Å². The van der Waals surface area contributed by atoms with Crippen molar-refractivity contribution < 1.29 is 19.4 Å². The van der Waals surface area contributed by atoms with E-state index in [9.17, 15) is 9.59 Å². The lowest BCUT2D eigenvalue weighted by Crippen LogP contribution is -2.46. The van der Waals surface area contributed by atoms with Crippen molar-refractivity contribution in [3.63, 3.8) is 0 Å². The molecule has 1 amide bonds. The molecule has 0 aromatic heterocycles. The Bertz CT molecular complexity index is 292. The van der Waals surface area contributed by atoms with Crippen LogP contribution in [-0.4, -0.2) is 46.7 Å². The van der Waals surface area contributed by atoms with Gasteiger partial charge < -0.3 is 14.7 Å². The number of carbonyl (C=O) groups excluding carboxylic acids is 1. The van der Waals surface area contributed by atoms with Crippen molar-refractivity contribution in [3.05, 3.63) is 0 Å². The lowest BCUT2D eigenvalue weighted by Gasteiger charge is -2.29. The number of carbonyl (C=O) groups is 2. The molecule has 1 N–H and O–H groups in total. The number of hydrogen-bond acceptors (Lipinski definition) is 3. The fourth-order valence-corrected chi connectivity index (χ4v) is 1.99. The van der Waals surface area contributed by atoms with Gasteiger partial charge in [-0.05, 0) is 33.1 Å². The van der Waals surface area contributed by atoms with Gasteiger partial charge in [-0.2, -0.15) is 0 Å².